The Bertz CT molecular complexity index is 407. The van der Waals surface area contributed by atoms with E-state index in [0.717, 1.165) is 36.4 Å². The van der Waals surface area contributed by atoms with E-state index in [9.17, 15) is 0 Å². The van der Waals surface area contributed by atoms with Gasteiger partial charge >= 0.3 is 0 Å². The average molecular weight is 251 g/mol. The molecule has 1 aromatic heterocycles. The highest BCUT2D eigenvalue weighted by molar-refractivity contribution is 5.06. The fraction of sp³-hybridized carbons (Fsp3) is 0.769. The molecule has 3 unspecified atom stereocenters. The molecule has 0 aliphatic carbocycles. The molecule has 0 spiro atoms. The largest absolute Gasteiger partial charge is 0.377 e. The number of likely N-dealkylation sites (tertiary alicyclic amines) is 1. The van der Waals surface area contributed by atoms with Gasteiger partial charge in [0.25, 0.3) is 0 Å². The molecule has 5 heteroatoms. The number of rotatable bonds is 4. The molecular formula is C13H21N3O2. The summed E-state index contributed by atoms with van der Waals surface area (Å²) in [6.45, 7) is 7.22. The molecule has 3 heterocycles. The van der Waals surface area contributed by atoms with Gasteiger partial charge in [0.05, 0.1) is 5.69 Å². The van der Waals surface area contributed by atoms with Crippen molar-refractivity contribution in [3.05, 3.63) is 17.5 Å². The number of aromatic nitrogens is 1. The topological polar surface area (TPSA) is 50.5 Å². The lowest BCUT2D eigenvalue weighted by molar-refractivity contribution is 0.155. The summed E-state index contributed by atoms with van der Waals surface area (Å²) in [7, 11) is 1.67. The van der Waals surface area contributed by atoms with Gasteiger partial charge in [-0.25, -0.2) is 0 Å². The average Bonchev–Trinajstić information content (AvgIpc) is 3.02. The van der Waals surface area contributed by atoms with Crippen LogP contribution in [0.4, 0.5) is 0 Å². The molecule has 3 atom stereocenters. The molecular weight excluding hydrogens is 230 g/mol. The summed E-state index contributed by atoms with van der Waals surface area (Å²) in [6.07, 6.45) is 0. The highest BCUT2D eigenvalue weighted by atomic mass is 16.5. The van der Waals surface area contributed by atoms with E-state index < -0.39 is 0 Å². The van der Waals surface area contributed by atoms with Gasteiger partial charge in [-0.1, -0.05) is 5.16 Å². The van der Waals surface area contributed by atoms with Crippen molar-refractivity contribution in [2.45, 2.75) is 26.1 Å². The number of nitrogens with one attached hydrogen (secondary N) is 1. The van der Waals surface area contributed by atoms with Gasteiger partial charge in [0.1, 0.15) is 6.61 Å². The van der Waals surface area contributed by atoms with Crippen LogP contribution in [0.5, 0.6) is 0 Å². The third kappa shape index (κ3) is 2.18. The van der Waals surface area contributed by atoms with Crippen LogP contribution in [-0.2, 0) is 17.9 Å². The number of methoxy groups -OCH3 is 1. The lowest BCUT2D eigenvalue weighted by atomic mass is 9.95. The Kier molecular flexibility index (Phi) is 3.37. The van der Waals surface area contributed by atoms with Crippen LogP contribution in [0.2, 0.25) is 0 Å². The van der Waals surface area contributed by atoms with Crippen molar-refractivity contribution in [2.75, 3.05) is 26.7 Å². The van der Waals surface area contributed by atoms with Crippen molar-refractivity contribution in [3.63, 3.8) is 0 Å². The Morgan fingerprint density at radius 3 is 3.22 bits per heavy atom. The molecule has 2 saturated heterocycles. The minimum absolute atomic E-state index is 0.498. The Balaban J connectivity index is 1.62. The second-order valence-corrected chi connectivity index (χ2v) is 5.47. The first kappa shape index (κ1) is 12.1. The maximum Gasteiger partial charge on any atom is 0.162 e. The predicted octanol–water partition coefficient (Wildman–Crippen LogP) is 0.861. The summed E-state index contributed by atoms with van der Waals surface area (Å²) in [5, 5.41) is 7.60. The van der Waals surface area contributed by atoms with E-state index in [-0.39, 0.29) is 0 Å². The van der Waals surface area contributed by atoms with E-state index in [4.69, 9.17) is 9.26 Å². The van der Waals surface area contributed by atoms with Crippen molar-refractivity contribution < 1.29 is 9.26 Å². The minimum atomic E-state index is 0.498. The first-order chi connectivity index (χ1) is 8.78. The van der Waals surface area contributed by atoms with Gasteiger partial charge in [0.15, 0.2) is 5.76 Å². The molecule has 2 aliphatic rings. The molecule has 5 nitrogen and oxygen atoms in total. The highest BCUT2D eigenvalue weighted by Gasteiger charge is 2.41. The summed E-state index contributed by atoms with van der Waals surface area (Å²) in [6, 6.07) is 2.63. The van der Waals surface area contributed by atoms with Crippen LogP contribution >= 0.6 is 0 Å². The summed E-state index contributed by atoms with van der Waals surface area (Å²) >= 11 is 0. The van der Waals surface area contributed by atoms with Gasteiger partial charge in [-0.05, 0) is 31.8 Å². The zero-order valence-electron chi connectivity index (χ0n) is 11.1. The maximum atomic E-state index is 5.23. The monoisotopic (exact) mass is 251 g/mol. The normalized spacial score (nSPS) is 32.0. The molecule has 1 aromatic rings. The van der Waals surface area contributed by atoms with Crippen molar-refractivity contribution in [2.24, 2.45) is 11.8 Å². The van der Waals surface area contributed by atoms with Crippen molar-refractivity contribution in [1.82, 2.24) is 15.4 Å². The van der Waals surface area contributed by atoms with E-state index in [2.05, 4.69) is 22.3 Å². The number of hydrogen-bond donors (Lipinski definition) is 1. The van der Waals surface area contributed by atoms with Gasteiger partial charge in [-0.3, -0.25) is 4.90 Å². The SMILES string of the molecule is COCc1cc(CN2CC3CNCC3C2C)no1. The molecule has 0 bridgehead atoms. The third-order valence-corrected chi connectivity index (χ3v) is 4.32. The summed E-state index contributed by atoms with van der Waals surface area (Å²) in [5.74, 6) is 2.42. The predicted molar refractivity (Wildman–Crippen MR) is 66.9 cm³/mol. The smallest absolute Gasteiger partial charge is 0.162 e. The molecule has 0 aromatic carbocycles. The van der Waals surface area contributed by atoms with Crippen molar-refractivity contribution in [1.29, 1.82) is 0 Å². The highest BCUT2D eigenvalue weighted by Crippen LogP contribution is 2.33. The molecule has 0 saturated carbocycles. The number of ether oxygens (including phenoxy) is 1. The standard InChI is InChI=1S/C13H21N3O2/c1-9-13-5-14-4-10(13)6-16(9)7-11-3-12(8-17-2)18-15-11/h3,9-10,13-14H,4-8H2,1-2H3. The van der Waals surface area contributed by atoms with Gasteiger partial charge in [0, 0.05) is 32.3 Å². The number of hydrogen-bond acceptors (Lipinski definition) is 5. The van der Waals surface area contributed by atoms with Gasteiger partial charge in [0.2, 0.25) is 0 Å². The van der Waals surface area contributed by atoms with Crippen LogP contribution < -0.4 is 5.32 Å². The van der Waals surface area contributed by atoms with Crippen LogP contribution in [0.15, 0.2) is 10.6 Å². The van der Waals surface area contributed by atoms with Crippen LogP contribution in [0.25, 0.3) is 0 Å². The Labute approximate surface area is 107 Å². The fourth-order valence-corrected chi connectivity index (χ4v) is 3.31. The fourth-order valence-electron chi connectivity index (χ4n) is 3.31. The molecule has 100 valence electrons. The number of fused-ring (bicyclic) bond motifs is 1. The maximum absolute atomic E-state index is 5.23. The van der Waals surface area contributed by atoms with Crippen LogP contribution in [0.1, 0.15) is 18.4 Å². The molecule has 18 heavy (non-hydrogen) atoms. The quantitative estimate of drug-likeness (QED) is 0.860. The van der Waals surface area contributed by atoms with E-state index in [1.165, 1.54) is 13.1 Å². The molecule has 1 N–H and O–H groups in total. The van der Waals surface area contributed by atoms with Gasteiger partial charge < -0.3 is 14.6 Å². The van der Waals surface area contributed by atoms with E-state index in [1.54, 1.807) is 7.11 Å². The lowest BCUT2D eigenvalue weighted by Crippen LogP contribution is -2.32. The first-order valence-electron chi connectivity index (χ1n) is 6.66. The van der Waals surface area contributed by atoms with Crippen LogP contribution in [0, 0.1) is 11.8 Å². The zero-order valence-corrected chi connectivity index (χ0v) is 11.1. The second-order valence-electron chi connectivity index (χ2n) is 5.47. The summed E-state index contributed by atoms with van der Waals surface area (Å²) < 4.78 is 10.3. The minimum Gasteiger partial charge on any atom is -0.377 e. The zero-order chi connectivity index (χ0) is 12.5. The summed E-state index contributed by atoms with van der Waals surface area (Å²) in [5.41, 5.74) is 1.02. The summed E-state index contributed by atoms with van der Waals surface area (Å²) in [4.78, 5) is 2.52. The Morgan fingerprint density at radius 2 is 2.44 bits per heavy atom. The number of nitrogens with zero attached hydrogens (tertiary/aromatic N) is 2. The van der Waals surface area contributed by atoms with E-state index in [1.807, 2.05) is 6.07 Å². The van der Waals surface area contributed by atoms with Crippen molar-refractivity contribution >= 4 is 0 Å². The second kappa shape index (κ2) is 4.99. The van der Waals surface area contributed by atoms with Crippen LogP contribution in [0.3, 0.4) is 0 Å². The Hall–Kier alpha value is -0.910. The van der Waals surface area contributed by atoms with Gasteiger partial charge in [-0.15, -0.1) is 0 Å². The van der Waals surface area contributed by atoms with E-state index in [0.29, 0.717) is 12.6 Å². The molecule has 2 aliphatic heterocycles. The molecule has 0 radical (unpaired) electrons. The van der Waals surface area contributed by atoms with Crippen LogP contribution in [-0.4, -0.2) is 42.8 Å². The lowest BCUT2D eigenvalue weighted by Gasteiger charge is -2.22. The first-order valence-corrected chi connectivity index (χ1v) is 6.66. The third-order valence-electron chi connectivity index (χ3n) is 4.32. The Morgan fingerprint density at radius 1 is 1.56 bits per heavy atom. The van der Waals surface area contributed by atoms with E-state index >= 15 is 0 Å². The van der Waals surface area contributed by atoms with Gasteiger partial charge in [-0.2, -0.15) is 0 Å². The molecule has 2 fully saturated rings. The molecule has 3 rings (SSSR count). The van der Waals surface area contributed by atoms with Crippen molar-refractivity contribution in [3.8, 4) is 0 Å². The molecule has 0 amide bonds.